The molecule has 30 heavy (non-hydrogen) atoms. The molecule has 0 atom stereocenters. The van der Waals surface area contributed by atoms with Crippen LogP contribution in [0.15, 0.2) is 24.3 Å². The van der Waals surface area contributed by atoms with Crippen LogP contribution in [-0.4, -0.2) is 0 Å². The first-order valence-corrected chi connectivity index (χ1v) is 11.7. The number of benzene rings is 1. The van der Waals surface area contributed by atoms with Gasteiger partial charge in [0.2, 0.25) is 0 Å². The first-order chi connectivity index (χ1) is 13.8. The fraction of sp³-hybridized carbons (Fsp3) is 0.517. The minimum atomic E-state index is 0. The van der Waals surface area contributed by atoms with Crippen molar-refractivity contribution in [3.05, 3.63) is 68.8 Å². The molecule has 0 saturated carbocycles. The smallest absolute Gasteiger partial charge is 0 e. The van der Waals surface area contributed by atoms with E-state index in [9.17, 15) is 0 Å². The quantitative estimate of drug-likeness (QED) is 0.220. The Balaban J connectivity index is 0.000000249. The van der Waals surface area contributed by atoms with Gasteiger partial charge in [-0.05, 0) is 31.1 Å². The molecule has 0 nitrogen and oxygen atoms in total. The second-order valence-corrected chi connectivity index (χ2v) is 9.50. The van der Waals surface area contributed by atoms with E-state index in [0.717, 1.165) is 0 Å². The van der Waals surface area contributed by atoms with E-state index in [0.29, 0.717) is 5.41 Å². The van der Waals surface area contributed by atoms with Gasteiger partial charge in [0.1, 0.15) is 0 Å². The number of fused-ring (bicyclic) bond motifs is 2. The van der Waals surface area contributed by atoms with Crippen molar-refractivity contribution in [3.63, 3.8) is 0 Å². The third-order valence-corrected chi connectivity index (χ3v) is 8.14. The zero-order chi connectivity index (χ0) is 21.3. The van der Waals surface area contributed by atoms with Gasteiger partial charge in [0.25, 0.3) is 0 Å². The molecular weight excluding hydrogens is 527 g/mol. The molecule has 162 valence electrons. The zero-order valence-corrected chi connectivity index (χ0v) is 24.1. The van der Waals surface area contributed by atoms with Crippen LogP contribution < -0.4 is 0 Å². The van der Waals surface area contributed by atoms with Crippen LogP contribution in [0.2, 0.25) is 0 Å². The van der Waals surface area contributed by atoms with Crippen LogP contribution in [0.3, 0.4) is 0 Å². The van der Waals surface area contributed by atoms with Gasteiger partial charge in [-0.25, -0.2) is 0 Å². The first kappa shape index (κ1) is 25.3. The Morgan fingerprint density at radius 2 is 1.40 bits per heavy atom. The molecule has 0 radical (unpaired) electrons. The van der Waals surface area contributed by atoms with Crippen molar-refractivity contribution < 1.29 is 25.8 Å². The molecule has 0 saturated heterocycles. The molecule has 0 aliphatic heterocycles. The van der Waals surface area contributed by atoms with Gasteiger partial charge in [0.15, 0.2) is 0 Å². The van der Waals surface area contributed by atoms with Gasteiger partial charge in [-0.3, -0.25) is 0 Å². The molecule has 4 rings (SSSR count). The number of aryl methyl sites for hydroxylation is 1. The van der Waals surface area contributed by atoms with Gasteiger partial charge in [-0.1, -0.05) is 79.4 Å². The predicted molar refractivity (Wildman–Crippen MR) is 130 cm³/mol. The van der Waals surface area contributed by atoms with Crippen LogP contribution in [0.5, 0.6) is 0 Å². The number of rotatable bonds is 4. The predicted octanol–water partition coefficient (Wildman–Crippen LogP) is 8.36. The molecule has 1 aliphatic carbocycles. The first-order valence-electron chi connectivity index (χ1n) is 11.7. The van der Waals surface area contributed by atoms with Crippen molar-refractivity contribution >= 4 is 10.8 Å². The van der Waals surface area contributed by atoms with Crippen molar-refractivity contribution in [3.8, 4) is 0 Å². The fourth-order valence-electron chi connectivity index (χ4n) is 5.25. The van der Waals surface area contributed by atoms with Crippen LogP contribution in [0.4, 0.5) is 0 Å². The summed E-state index contributed by atoms with van der Waals surface area (Å²) in [7, 11) is 0. The molecule has 0 bridgehead atoms. The van der Waals surface area contributed by atoms with Crippen molar-refractivity contribution in [2.45, 2.75) is 93.9 Å². The molecule has 0 fully saturated rings. The summed E-state index contributed by atoms with van der Waals surface area (Å²) >= 11 is 0. The Morgan fingerprint density at radius 1 is 0.867 bits per heavy atom. The van der Waals surface area contributed by atoms with E-state index in [4.69, 9.17) is 0 Å². The largest absolute Gasteiger partial charge is 0.196 e. The van der Waals surface area contributed by atoms with E-state index in [1.54, 1.807) is 16.7 Å². The molecular formula is C29H40Hf-2. The second kappa shape index (κ2) is 10.1. The summed E-state index contributed by atoms with van der Waals surface area (Å²) in [6.45, 7) is 18.0. The molecule has 1 aliphatic rings. The molecule has 0 spiro atoms. The Kier molecular flexibility index (Phi) is 8.53. The van der Waals surface area contributed by atoms with Crippen LogP contribution >= 0.6 is 0 Å². The SMILES string of the molecule is CCC[c-]1ccc2cc3c(cc21)CC(CC)(CC)C3.Cc1c(C)c(C)[c-](C)c1C.[Hf]. The summed E-state index contributed by atoms with van der Waals surface area (Å²) in [6, 6.07) is 9.62. The van der Waals surface area contributed by atoms with Gasteiger partial charge >= 0.3 is 0 Å². The molecule has 0 aromatic heterocycles. The van der Waals surface area contributed by atoms with E-state index in [2.05, 4.69) is 79.7 Å². The molecule has 0 heterocycles. The summed E-state index contributed by atoms with van der Waals surface area (Å²) in [6.07, 6.45) is 7.66. The Bertz CT molecular complexity index is 911. The summed E-state index contributed by atoms with van der Waals surface area (Å²) < 4.78 is 0. The van der Waals surface area contributed by atoms with Crippen LogP contribution in [0.25, 0.3) is 10.8 Å². The van der Waals surface area contributed by atoms with Crippen molar-refractivity contribution in [1.29, 1.82) is 0 Å². The van der Waals surface area contributed by atoms with Crippen LogP contribution in [-0.2, 0) is 45.1 Å². The summed E-state index contributed by atoms with van der Waals surface area (Å²) in [5, 5.41) is 2.98. The molecule has 3 aromatic carbocycles. The molecule has 3 aromatic rings. The minimum Gasteiger partial charge on any atom is -0.196 e. The third-order valence-electron chi connectivity index (χ3n) is 8.14. The van der Waals surface area contributed by atoms with Crippen molar-refractivity contribution in [2.75, 3.05) is 0 Å². The number of hydrogen-bond donors (Lipinski definition) is 0. The maximum absolute atomic E-state index is 2.50. The third kappa shape index (κ3) is 4.62. The molecule has 1 heteroatoms. The van der Waals surface area contributed by atoms with Gasteiger partial charge in [0.05, 0.1) is 0 Å². The second-order valence-electron chi connectivity index (χ2n) is 9.50. The average Bonchev–Trinajstić information content (AvgIpc) is 3.34. The normalized spacial score (nSPS) is 14.3. The average molecular weight is 567 g/mol. The molecule has 0 unspecified atom stereocenters. The minimum absolute atomic E-state index is 0. The van der Waals surface area contributed by atoms with E-state index in [1.807, 2.05) is 0 Å². The monoisotopic (exact) mass is 568 g/mol. The van der Waals surface area contributed by atoms with Gasteiger partial charge < -0.3 is 0 Å². The van der Waals surface area contributed by atoms with Crippen LogP contribution in [0, 0.1) is 40.0 Å². The van der Waals surface area contributed by atoms with E-state index in [1.165, 1.54) is 77.1 Å². The van der Waals surface area contributed by atoms with Gasteiger partial charge in [-0.2, -0.15) is 33.9 Å². The van der Waals surface area contributed by atoms with Gasteiger partial charge in [0, 0.05) is 25.8 Å². The van der Waals surface area contributed by atoms with Crippen molar-refractivity contribution in [1.82, 2.24) is 0 Å². The fourth-order valence-corrected chi connectivity index (χ4v) is 5.25. The zero-order valence-electron chi connectivity index (χ0n) is 20.6. The molecule has 0 N–H and O–H groups in total. The summed E-state index contributed by atoms with van der Waals surface area (Å²) in [5.74, 6) is 0. The van der Waals surface area contributed by atoms with Gasteiger partial charge in [-0.15, -0.1) is 34.5 Å². The van der Waals surface area contributed by atoms with Crippen molar-refractivity contribution in [2.24, 2.45) is 5.41 Å². The maximum atomic E-state index is 2.50. The Morgan fingerprint density at radius 3 is 1.83 bits per heavy atom. The van der Waals surface area contributed by atoms with E-state index < -0.39 is 0 Å². The Labute approximate surface area is 204 Å². The van der Waals surface area contributed by atoms with E-state index in [-0.39, 0.29) is 25.8 Å². The maximum Gasteiger partial charge on any atom is 0 e. The van der Waals surface area contributed by atoms with E-state index >= 15 is 0 Å². The van der Waals surface area contributed by atoms with Crippen LogP contribution in [0.1, 0.15) is 84.5 Å². The summed E-state index contributed by atoms with van der Waals surface area (Å²) in [4.78, 5) is 0. The molecule has 0 amide bonds. The summed E-state index contributed by atoms with van der Waals surface area (Å²) in [5.41, 5.74) is 12.7. The Hall–Kier alpha value is -0.950. The standard InChI is InChI=1S/C19H25.C10H15.Hf/c1-4-7-14-8-9-15-10-16-12-19(5-2,6-3)13-17(16)11-18(14)15;1-6-7(2)9(4)10(5)8(6)3;/h8-11H,4-7,12-13H2,1-3H3;1-5H3;/q2*-1;. The number of hydrogen-bond acceptors (Lipinski definition) is 0. The topological polar surface area (TPSA) is 0 Å².